The smallest absolute Gasteiger partial charge is 0.125 e. The van der Waals surface area contributed by atoms with Crippen molar-refractivity contribution in [2.24, 2.45) is 0 Å². The monoisotopic (exact) mass is 263 g/mol. The van der Waals surface area contributed by atoms with Gasteiger partial charge in [-0.15, -0.1) is 0 Å². The predicted molar refractivity (Wildman–Crippen MR) is 75.3 cm³/mol. The van der Waals surface area contributed by atoms with E-state index in [2.05, 4.69) is 24.4 Å². The van der Waals surface area contributed by atoms with Crippen LogP contribution in [0.15, 0.2) is 28.7 Å². The van der Waals surface area contributed by atoms with Gasteiger partial charge in [-0.3, -0.25) is 0 Å². The number of hydrogen-bond donors (Lipinski definition) is 1. The summed E-state index contributed by atoms with van der Waals surface area (Å²) >= 11 is 6.18. The van der Waals surface area contributed by atoms with Gasteiger partial charge in [0.1, 0.15) is 11.5 Å². The fourth-order valence-corrected chi connectivity index (χ4v) is 2.31. The molecule has 0 spiro atoms. The second-order valence-corrected chi connectivity index (χ2v) is 4.97. The van der Waals surface area contributed by atoms with Gasteiger partial charge in [0, 0.05) is 5.02 Å². The second-order valence-electron chi connectivity index (χ2n) is 4.56. The normalized spacial score (nSPS) is 12.7. The van der Waals surface area contributed by atoms with Gasteiger partial charge in [-0.1, -0.05) is 23.7 Å². The van der Waals surface area contributed by atoms with E-state index in [0.29, 0.717) is 0 Å². The summed E-state index contributed by atoms with van der Waals surface area (Å²) in [5.41, 5.74) is 3.41. The Balaban J connectivity index is 2.48. The third kappa shape index (κ3) is 2.31. The first-order valence-electron chi connectivity index (χ1n) is 6.03. The average molecular weight is 264 g/mol. The number of aryl methyl sites for hydroxylation is 2. The topological polar surface area (TPSA) is 25.2 Å². The number of nitrogens with one attached hydrogen (secondary N) is 1. The van der Waals surface area contributed by atoms with Gasteiger partial charge < -0.3 is 9.73 Å². The lowest BCUT2D eigenvalue weighted by Gasteiger charge is -2.17. The van der Waals surface area contributed by atoms with Crippen LogP contribution < -0.4 is 5.32 Å². The molecule has 2 rings (SSSR count). The zero-order chi connectivity index (χ0) is 13.3. The van der Waals surface area contributed by atoms with Crippen molar-refractivity contribution in [3.05, 3.63) is 57.5 Å². The summed E-state index contributed by atoms with van der Waals surface area (Å²) in [6.45, 7) is 6.07. The highest BCUT2D eigenvalue weighted by atomic mass is 35.5. The summed E-state index contributed by atoms with van der Waals surface area (Å²) < 4.78 is 5.81. The molecule has 2 aromatic rings. The zero-order valence-electron chi connectivity index (χ0n) is 11.2. The van der Waals surface area contributed by atoms with Gasteiger partial charge in [0.05, 0.1) is 6.04 Å². The van der Waals surface area contributed by atoms with Crippen LogP contribution in [-0.2, 0) is 0 Å². The maximum Gasteiger partial charge on any atom is 0.125 e. The molecular weight excluding hydrogens is 246 g/mol. The van der Waals surface area contributed by atoms with Crippen molar-refractivity contribution in [1.29, 1.82) is 0 Å². The molecule has 1 aromatic carbocycles. The van der Waals surface area contributed by atoms with Gasteiger partial charge in [0.2, 0.25) is 0 Å². The van der Waals surface area contributed by atoms with E-state index in [9.17, 15) is 0 Å². The Kier molecular flexibility index (Phi) is 3.79. The molecule has 0 aliphatic heterocycles. The Labute approximate surface area is 113 Å². The number of benzene rings is 1. The maximum atomic E-state index is 6.18. The maximum absolute atomic E-state index is 6.18. The second kappa shape index (κ2) is 5.17. The van der Waals surface area contributed by atoms with Crippen LogP contribution in [-0.4, -0.2) is 7.05 Å². The van der Waals surface area contributed by atoms with Crippen molar-refractivity contribution < 1.29 is 4.42 Å². The fourth-order valence-electron chi connectivity index (χ4n) is 2.13. The largest absolute Gasteiger partial charge is 0.464 e. The number of hydrogen-bond acceptors (Lipinski definition) is 2. The minimum Gasteiger partial charge on any atom is -0.464 e. The lowest BCUT2D eigenvalue weighted by molar-refractivity contribution is 0.442. The summed E-state index contributed by atoms with van der Waals surface area (Å²) in [5, 5.41) is 4.08. The molecule has 1 atom stereocenters. The molecule has 3 heteroatoms. The first-order chi connectivity index (χ1) is 8.54. The predicted octanol–water partition coefficient (Wildman–Crippen LogP) is 4.17. The third-order valence-electron chi connectivity index (χ3n) is 3.38. The van der Waals surface area contributed by atoms with Crippen molar-refractivity contribution in [3.8, 4) is 0 Å². The highest BCUT2D eigenvalue weighted by Gasteiger charge is 2.19. The van der Waals surface area contributed by atoms with Crippen molar-refractivity contribution >= 4 is 11.6 Å². The van der Waals surface area contributed by atoms with E-state index in [0.717, 1.165) is 27.7 Å². The van der Waals surface area contributed by atoms with E-state index >= 15 is 0 Å². The molecule has 1 unspecified atom stereocenters. The summed E-state index contributed by atoms with van der Waals surface area (Å²) in [6.07, 6.45) is 0. The van der Waals surface area contributed by atoms with Crippen LogP contribution in [0.2, 0.25) is 5.02 Å². The molecule has 0 saturated heterocycles. The summed E-state index contributed by atoms with van der Waals surface area (Å²) in [6, 6.07) is 8.08. The van der Waals surface area contributed by atoms with E-state index in [4.69, 9.17) is 16.0 Å². The van der Waals surface area contributed by atoms with E-state index in [1.807, 2.05) is 33.0 Å². The van der Waals surface area contributed by atoms with E-state index in [1.165, 1.54) is 5.56 Å². The van der Waals surface area contributed by atoms with Crippen LogP contribution in [0.1, 0.15) is 34.3 Å². The number of halogens is 1. The van der Waals surface area contributed by atoms with Gasteiger partial charge in [0.15, 0.2) is 0 Å². The molecular formula is C15H18ClNO. The Bertz CT molecular complexity index is 540. The molecule has 2 nitrogen and oxygen atoms in total. The molecule has 18 heavy (non-hydrogen) atoms. The first-order valence-corrected chi connectivity index (χ1v) is 6.41. The third-order valence-corrected chi connectivity index (χ3v) is 3.79. The molecule has 0 saturated carbocycles. The van der Waals surface area contributed by atoms with Crippen LogP contribution in [0.4, 0.5) is 0 Å². The Morgan fingerprint density at radius 1 is 1.22 bits per heavy atom. The van der Waals surface area contributed by atoms with Crippen LogP contribution in [0.25, 0.3) is 0 Å². The quantitative estimate of drug-likeness (QED) is 0.899. The fraction of sp³-hybridized carbons (Fsp3) is 0.333. The van der Waals surface area contributed by atoms with Crippen LogP contribution >= 0.6 is 11.6 Å². The molecule has 1 N–H and O–H groups in total. The summed E-state index contributed by atoms with van der Waals surface area (Å²) in [4.78, 5) is 0. The van der Waals surface area contributed by atoms with E-state index in [1.54, 1.807) is 0 Å². The molecule has 0 radical (unpaired) electrons. The Morgan fingerprint density at radius 3 is 2.50 bits per heavy atom. The van der Waals surface area contributed by atoms with Gasteiger partial charge >= 0.3 is 0 Å². The summed E-state index contributed by atoms with van der Waals surface area (Å²) in [5.74, 6) is 1.89. The van der Waals surface area contributed by atoms with Crippen molar-refractivity contribution in [2.75, 3.05) is 7.05 Å². The number of furan rings is 1. The van der Waals surface area contributed by atoms with Crippen LogP contribution in [0.5, 0.6) is 0 Å². The molecule has 96 valence electrons. The Morgan fingerprint density at radius 2 is 1.94 bits per heavy atom. The highest BCUT2D eigenvalue weighted by molar-refractivity contribution is 6.31. The molecule has 0 aliphatic carbocycles. The molecule has 0 aliphatic rings. The van der Waals surface area contributed by atoms with Crippen LogP contribution in [0, 0.1) is 20.8 Å². The zero-order valence-corrected chi connectivity index (χ0v) is 11.9. The minimum atomic E-state index is 0.0381. The standard InChI is InChI=1S/C15H18ClNO/c1-9-8-14(18-11(9)3)15(17-4)12-6-5-7-13(16)10(12)2/h5-8,15,17H,1-4H3. The molecule has 1 aromatic heterocycles. The van der Waals surface area contributed by atoms with Gasteiger partial charge in [-0.05, 0) is 56.6 Å². The van der Waals surface area contributed by atoms with E-state index < -0.39 is 0 Å². The average Bonchev–Trinajstić information content (AvgIpc) is 2.66. The Hall–Kier alpha value is -1.25. The SMILES string of the molecule is CNC(c1cc(C)c(C)o1)c1cccc(Cl)c1C. The first kappa shape index (κ1) is 13.2. The van der Waals surface area contributed by atoms with Gasteiger partial charge in [-0.2, -0.15) is 0 Å². The molecule has 0 fully saturated rings. The number of rotatable bonds is 3. The minimum absolute atomic E-state index is 0.0381. The van der Waals surface area contributed by atoms with Gasteiger partial charge in [-0.25, -0.2) is 0 Å². The lowest BCUT2D eigenvalue weighted by atomic mass is 9.99. The molecule has 0 amide bonds. The van der Waals surface area contributed by atoms with Crippen molar-refractivity contribution in [2.45, 2.75) is 26.8 Å². The highest BCUT2D eigenvalue weighted by Crippen LogP contribution is 2.30. The van der Waals surface area contributed by atoms with E-state index in [-0.39, 0.29) is 6.04 Å². The van der Waals surface area contributed by atoms with Crippen molar-refractivity contribution in [3.63, 3.8) is 0 Å². The molecule has 0 bridgehead atoms. The van der Waals surface area contributed by atoms with Gasteiger partial charge in [0.25, 0.3) is 0 Å². The van der Waals surface area contributed by atoms with Crippen LogP contribution in [0.3, 0.4) is 0 Å². The van der Waals surface area contributed by atoms with Crippen molar-refractivity contribution in [1.82, 2.24) is 5.32 Å². The summed E-state index contributed by atoms with van der Waals surface area (Å²) in [7, 11) is 1.93. The lowest BCUT2D eigenvalue weighted by Crippen LogP contribution is -2.18. The molecule has 1 heterocycles.